The Kier molecular flexibility index (Phi) is 3.52. The number of aromatic hydroxyl groups is 1. The number of nitrogens with zero attached hydrogens (tertiary/aromatic N) is 1. The molecule has 2 fully saturated rings. The predicted octanol–water partition coefficient (Wildman–Crippen LogP) is 2.42. The second-order valence-electron chi connectivity index (χ2n) is 7.64. The quantitative estimate of drug-likeness (QED) is 0.591. The molecule has 2 aliphatic carbocycles. The van der Waals surface area contributed by atoms with E-state index < -0.39 is 11.5 Å². The van der Waals surface area contributed by atoms with Crippen molar-refractivity contribution in [3.63, 3.8) is 0 Å². The number of carbonyl (C=O) groups is 1. The minimum atomic E-state index is -0.562. The summed E-state index contributed by atoms with van der Waals surface area (Å²) in [6, 6.07) is 6.58. The van der Waals surface area contributed by atoms with E-state index in [1.165, 1.54) is 0 Å². The molecule has 2 saturated carbocycles. The van der Waals surface area contributed by atoms with Gasteiger partial charge in [-0.2, -0.15) is 5.10 Å². The summed E-state index contributed by atoms with van der Waals surface area (Å²) in [5.41, 5.74) is 2.40. The number of aliphatic hydroxyl groups is 1. The summed E-state index contributed by atoms with van der Waals surface area (Å²) in [6.07, 6.45) is 3.25. The largest absolute Gasteiger partial charge is 0.508 e. The van der Waals surface area contributed by atoms with E-state index in [2.05, 4.69) is 31.3 Å². The molecule has 0 spiro atoms. The van der Waals surface area contributed by atoms with Crippen LogP contribution >= 0.6 is 0 Å². The van der Waals surface area contributed by atoms with Gasteiger partial charge in [-0.15, -0.1) is 0 Å². The topological polar surface area (TPSA) is 81.9 Å². The SMILES string of the molecule is CC1(C)[C@@]2(C(=O)N/N=C\c3ccc(O)cc3)CC[C@]1(C)[C@@H](O)C2. The zero-order chi connectivity index (χ0) is 16.9. The third kappa shape index (κ3) is 2.10. The van der Waals surface area contributed by atoms with E-state index in [-0.39, 0.29) is 22.5 Å². The van der Waals surface area contributed by atoms with E-state index in [4.69, 9.17) is 0 Å². The van der Waals surface area contributed by atoms with E-state index in [9.17, 15) is 15.0 Å². The maximum Gasteiger partial charge on any atom is 0.246 e. The van der Waals surface area contributed by atoms with Crippen LogP contribution in [0.2, 0.25) is 0 Å². The first-order chi connectivity index (χ1) is 10.7. The van der Waals surface area contributed by atoms with Crippen molar-refractivity contribution in [2.24, 2.45) is 21.3 Å². The zero-order valence-electron chi connectivity index (χ0n) is 13.8. The van der Waals surface area contributed by atoms with Crippen LogP contribution in [0.15, 0.2) is 29.4 Å². The van der Waals surface area contributed by atoms with Crippen molar-refractivity contribution >= 4 is 12.1 Å². The van der Waals surface area contributed by atoms with Crippen LogP contribution < -0.4 is 5.43 Å². The van der Waals surface area contributed by atoms with E-state index in [1.807, 2.05) is 0 Å². The standard InChI is InChI=1S/C18H24N2O3/c1-16(2)17(3)8-9-18(16,10-14(17)22)15(23)20-19-11-12-4-6-13(21)7-5-12/h4-7,11,14,21-22H,8-10H2,1-3H3,(H,20,23)/b19-11-/t14-,17+,18-/m0/s1. The summed E-state index contributed by atoms with van der Waals surface area (Å²) >= 11 is 0. The van der Waals surface area contributed by atoms with Crippen LogP contribution in [0, 0.1) is 16.2 Å². The van der Waals surface area contributed by atoms with Crippen LogP contribution in [-0.4, -0.2) is 28.4 Å². The molecule has 2 aliphatic rings. The van der Waals surface area contributed by atoms with E-state index in [0.29, 0.717) is 6.42 Å². The van der Waals surface area contributed by atoms with Crippen molar-refractivity contribution < 1.29 is 15.0 Å². The molecule has 3 rings (SSSR count). The second kappa shape index (κ2) is 5.06. The van der Waals surface area contributed by atoms with Crippen molar-refractivity contribution in [1.82, 2.24) is 5.43 Å². The number of hydrazone groups is 1. The molecule has 124 valence electrons. The summed E-state index contributed by atoms with van der Waals surface area (Å²) in [5.74, 6) is 0.0785. The molecule has 0 unspecified atom stereocenters. The van der Waals surface area contributed by atoms with Crippen LogP contribution in [0.5, 0.6) is 5.75 Å². The fourth-order valence-corrected chi connectivity index (χ4v) is 4.46. The first-order valence-corrected chi connectivity index (χ1v) is 8.04. The number of fused-ring (bicyclic) bond motifs is 2. The van der Waals surface area contributed by atoms with Gasteiger partial charge in [-0.1, -0.05) is 20.8 Å². The minimum Gasteiger partial charge on any atom is -0.508 e. The average molecular weight is 316 g/mol. The number of hydrogen-bond donors (Lipinski definition) is 3. The summed E-state index contributed by atoms with van der Waals surface area (Å²) in [6.45, 7) is 6.25. The highest BCUT2D eigenvalue weighted by molar-refractivity contribution is 5.87. The molecule has 5 heteroatoms. The Balaban J connectivity index is 1.75. The molecule has 3 N–H and O–H groups in total. The Morgan fingerprint density at radius 2 is 1.91 bits per heavy atom. The lowest BCUT2D eigenvalue weighted by Gasteiger charge is -2.39. The van der Waals surface area contributed by atoms with Gasteiger partial charge in [0.2, 0.25) is 5.91 Å². The van der Waals surface area contributed by atoms with Gasteiger partial charge in [0.15, 0.2) is 0 Å². The van der Waals surface area contributed by atoms with Crippen LogP contribution in [0.25, 0.3) is 0 Å². The van der Waals surface area contributed by atoms with Gasteiger partial charge < -0.3 is 10.2 Å². The zero-order valence-corrected chi connectivity index (χ0v) is 13.8. The van der Waals surface area contributed by atoms with Crippen molar-refractivity contribution in [3.05, 3.63) is 29.8 Å². The number of hydrogen-bond acceptors (Lipinski definition) is 4. The molecule has 5 nitrogen and oxygen atoms in total. The van der Waals surface area contributed by atoms with Crippen LogP contribution in [0.4, 0.5) is 0 Å². The lowest BCUT2D eigenvalue weighted by molar-refractivity contribution is -0.136. The van der Waals surface area contributed by atoms with Crippen LogP contribution in [0.1, 0.15) is 45.6 Å². The van der Waals surface area contributed by atoms with Crippen LogP contribution in [-0.2, 0) is 4.79 Å². The lowest BCUT2D eigenvalue weighted by Crippen LogP contribution is -2.45. The average Bonchev–Trinajstić information content (AvgIpc) is 2.79. The molecular weight excluding hydrogens is 292 g/mol. The maximum absolute atomic E-state index is 12.8. The lowest BCUT2D eigenvalue weighted by atomic mass is 9.64. The van der Waals surface area contributed by atoms with Gasteiger partial charge in [0.1, 0.15) is 5.75 Å². The smallest absolute Gasteiger partial charge is 0.246 e. The molecule has 23 heavy (non-hydrogen) atoms. The first kappa shape index (κ1) is 16.0. The molecule has 1 aromatic carbocycles. The molecule has 0 heterocycles. The molecule has 0 radical (unpaired) electrons. The second-order valence-corrected chi connectivity index (χ2v) is 7.64. The third-order valence-corrected chi connectivity index (χ3v) is 6.68. The number of benzene rings is 1. The summed E-state index contributed by atoms with van der Waals surface area (Å²) < 4.78 is 0. The number of amides is 1. The van der Waals surface area contributed by atoms with E-state index >= 15 is 0 Å². The Morgan fingerprint density at radius 3 is 2.43 bits per heavy atom. The molecule has 0 saturated heterocycles. The van der Waals surface area contributed by atoms with E-state index in [1.54, 1.807) is 30.5 Å². The van der Waals surface area contributed by atoms with Gasteiger partial charge in [-0.3, -0.25) is 4.79 Å². The van der Waals surface area contributed by atoms with Gasteiger partial charge in [0.25, 0.3) is 0 Å². The normalized spacial score (nSPS) is 34.9. The Bertz CT molecular complexity index is 653. The highest BCUT2D eigenvalue weighted by Crippen LogP contribution is 2.72. The van der Waals surface area contributed by atoms with Gasteiger partial charge in [0, 0.05) is 0 Å². The predicted molar refractivity (Wildman–Crippen MR) is 88.0 cm³/mol. The Hall–Kier alpha value is -1.88. The van der Waals surface area contributed by atoms with Crippen molar-refractivity contribution in [2.45, 2.75) is 46.1 Å². The van der Waals surface area contributed by atoms with Gasteiger partial charge >= 0.3 is 0 Å². The van der Waals surface area contributed by atoms with Crippen molar-refractivity contribution in [2.75, 3.05) is 0 Å². The van der Waals surface area contributed by atoms with Crippen molar-refractivity contribution in [1.29, 1.82) is 0 Å². The number of rotatable bonds is 3. The monoisotopic (exact) mass is 316 g/mol. The van der Waals surface area contributed by atoms with E-state index in [0.717, 1.165) is 18.4 Å². The molecule has 1 amide bonds. The highest BCUT2D eigenvalue weighted by atomic mass is 16.3. The fourth-order valence-electron chi connectivity index (χ4n) is 4.46. The number of nitrogens with one attached hydrogen (secondary N) is 1. The molecule has 2 bridgehead atoms. The van der Waals surface area contributed by atoms with Gasteiger partial charge in [-0.25, -0.2) is 5.43 Å². The maximum atomic E-state index is 12.8. The molecular formula is C18H24N2O3. The molecule has 0 aliphatic heterocycles. The Labute approximate surface area is 136 Å². The Morgan fingerprint density at radius 1 is 1.26 bits per heavy atom. The van der Waals surface area contributed by atoms with Gasteiger partial charge in [-0.05, 0) is 59.9 Å². The minimum absolute atomic E-state index is 0.113. The van der Waals surface area contributed by atoms with Crippen LogP contribution in [0.3, 0.4) is 0 Å². The highest BCUT2D eigenvalue weighted by Gasteiger charge is 2.72. The van der Waals surface area contributed by atoms with Gasteiger partial charge in [0.05, 0.1) is 17.7 Å². The summed E-state index contributed by atoms with van der Waals surface area (Å²) in [4.78, 5) is 12.8. The van der Waals surface area contributed by atoms with Crippen molar-refractivity contribution in [3.8, 4) is 5.75 Å². The fraction of sp³-hybridized carbons (Fsp3) is 0.556. The number of carbonyl (C=O) groups excluding carboxylic acids is 1. The number of phenolic OH excluding ortho intramolecular Hbond substituents is 1. The summed E-state index contributed by atoms with van der Waals surface area (Å²) in [5, 5.41) is 23.7. The molecule has 1 aromatic rings. The summed E-state index contributed by atoms with van der Waals surface area (Å²) in [7, 11) is 0. The third-order valence-electron chi connectivity index (χ3n) is 6.68. The number of aliphatic hydroxyl groups excluding tert-OH is 1. The first-order valence-electron chi connectivity index (χ1n) is 8.04. The molecule has 0 aromatic heterocycles. The number of phenols is 1. The molecule has 3 atom stereocenters.